The SMILES string of the molecule is CCOC(=O)C(Cc1ccccc1)N[C@H]1CC(=O)N[C@H]1CC(=O)O. The van der Waals surface area contributed by atoms with Crippen LogP contribution in [0.25, 0.3) is 0 Å². The second-order valence-electron chi connectivity index (χ2n) is 5.74. The monoisotopic (exact) mass is 334 g/mol. The van der Waals surface area contributed by atoms with Crippen LogP contribution in [0, 0.1) is 0 Å². The molecule has 0 bridgehead atoms. The Morgan fingerprint density at radius 3 is 2.71 bits per heavy atom. The van der Waals surface area contributed by atoms with Gasteiger partial charge in [0, 0.05) is 12.5 Å². The summed E-state index contributed by atoms with van der Waals surface area (Å²) in [5, 5.41) is 14.7. The summed E-state index contributed by atoms with van der Waals surface area (Å²) in [4.78, 5) is 34.8. The fraction of sp³-hybridized carbons (Fsp3) is 0.471. The number of hydrogen-bond donors (Lipinski definition) is 3. The first kappa shape index (κ1) is 17.9. The predicted molar refractivity (Wildman–Crippen MR) is 86.3 cm³/mol. The van der Waals surface area contributed by atoms with Gasteiger partial charge in [0.15, 0.2) is 0 Å². The van der Waals surface area contributed by atoms with Crippen molar-refractivity contribution in [2.45, 2.75) is 44.3 Å². The number of hydrogen-bond acceptors (Lipinski definition) is 5. The summed E-state index contributed by atoms with van der Waals surface area (Å²) in [6.07, 6.45) is 0.358. The molecular formula is C17H22N2O5. The lowest BCUT2D eigenvalue weighted by Gasteiger charge is -2.24. The number of nitrogens with one attached hydrogen (secondary N) is 2. The van der Waals surface area contributed by atoms with Crippen LogP contribution in [0.15, 0.2) is 30.3 Å². The number of ether oxygens (including phenoxy) is 1. The summed E-state index contributed by atoms with van der Waals surface area (Å²) >= 11 is 0. The number of carbonyl (C=O) groups excluding carboxylic acids is 2. The van der Waals surface area contributed by atoms with Crippen molar-refractivity contribution in [3.63, 3.8) is 0 Å². The topological polar surface area (TPSA) is 105 Å². The van der Waals surface area contributed by atoms with Gasteiger partial charge in [0.1, 0.15) is 6.04 Å². The molecule has 3 N–H and O–H groups in total. The van der Waals surface area contributed by atoms with Gasteiger partial charge in [0.2, 0.25) is 5.91 Å². The van der Waals surface area contributed by atoms with E-state index in [4.69, 9.17) is 9.84 Å². The van der Waals surface area contributed by atoms with Gasteiger partial charge in [-0.25, -0.2) is 0 Å². The molecule has 24 heavy (non-hydrogen) atoms. The van der Waals surface area contributed by atoms with Crippen molar-refractivity contribution < 1.29 is 24.2 Å². The lowest BCUT2D eigenvalue weighted by molar-refractivity contribution is -0.146. The van der Waals surface area contributed by atoms with Crippen molar-refractivity contribution in [2.24, 2.45) is 0 Å². The van der Waals surface area contributed by atoms with E-state index in [1.165, 1.54) is 0 Å². The molecule has 0 radical (unpaired) electrons. The van der Waals surface area contributed by atoms with Crippen molar-refractivity contribution >= 4 is 17.8 Å². The summed E-state index contributed by atoms with van der Waals surface area (Å²) < 4.78 is 5.11. The molecule has 1 unspecified atom stereocenters. The van der Waals surface area contributed by atoms with E-state index < -0.39 is 30.1 Å². The van der Waals surface area contributed by atoms with Crippen molar-refractivity contribution in [3.8, 4) is 0 Å². The molecule has 7 heteroatoms. The molecule has 0 aliphatic carbocycles. The summed E-state index contributed by atoms with van der Waals surface area (Å²) in [5.41, 5.74) is 0.954. The van der Waals surface area contributed by atoms with E-state index in [2.05, 4.69) is 10.6 Å². The summed E-state index contributed by atoms with van der Waals surface area (Å²) in [7, 11) is 0. The molecule has 1 saturated heterocycles. The third-order valence-corrected chi connectivity index (χ3v) is 3.90. The van der Waals surface area contributed by atoms with Crippen LogP contribution in [-0.2, 0) is 25.5 Å². The molecule has 1 aliphatic heterocycles. The standard InChI is InChI=1S/C17H22N2O5/c1-2-24-17(23)14(8-11-6-4-3-5-7-11)18-12-9-15(20)19-13(12)10-16(21)22/h3-7,12-14,18H,2,8-10H2,1H3,(H,19,20)(H,21,22)/t12-,13-,14?/m0/s1. The third-order valence-electron chi connectivity index (χ3n) is 3.90. The van der Waals surface area contributed by atoms with Gasteiger partial charge in [-0.3, -0.25) is 19.7 Å². The van der Waals surface area contributed by atoms with Gasteiger partial charge in [-0.15, -0.1) is 0 Å². The van der Waals surface area contributed by atoms with Crippen LogP contribution in [0.4, 0.5) is 0 Å². The first-order chi connectivity index (χ1) is 11.5. The van der Waals surface area contributed by atoms with E-state index in [-0.39, 0.29) is 25.4 Å². The highest BCUT2D eigenvalue weighted by molar-refractivity contribution is 5.82. The number of aliphatic carboxylic acids is 1. The highest BCUT2D eigenvalue weighted by atomic mass is 16.5. The number of rotatable bonds is 8. The highest BCUT2D eigenvalue weighted by Crippen LogP contribution is 2.15. The maximum absolute atomic E-state index is 12.2. The Bertz CT molecular complexity index is 590. The molecule has 130 valence electrons. The molecule has 1 heterocycles. The maximum atomic E-state index is 12.2. The van der Waals surface area contributed by atoms with Crippen LogP contribution in [0.5, 0.6) is 0 Å². The zero-order chi connectivity index (χ0) is 17.5. The minimum atomic E-state index is -0.996. The number of esters is 1. The minimum absolute atomic E-state index is 0.142. The van der Waals surface area contributed by atoms with Crippen LogP contribution in [0.1, 0.15) is 25.3 Å². The zero-order valence-corrected chi connectivity index (χ0v) is 13.5. The Morgan fingerprint density at radius 2 is 2.08 bits per heavy atom. The Labute approximate surface area is 140 Å². The molecule has 1 aromatic carbocycles. The van der Waals surface area contributed by atoms with Crippen LogP contribution < -0.4 is 10.6 Å². The molecule has 1 amide bonds. The van der Waals surface area contributed by atoms with Crippen LogP contribution in [-0.4, -0.2) is 47.7 Å². The molecular weight excluding hydrogens is 312 g/mol. The third kappa shape index (κ3) is 5.06. The average Bonchev–Trinajstić information content (AvgIpc) is 2.86. The molecule has 1 fully saturated rings. The number of carboxylic acids is 1. The number of benzene rings is 1. The molecule has 1 aromatic rings. The van der Waals surface area contributed by atoms with E-state index in [9.17, 15) is 14.4 Å². The Balaban J connectivity index is 2.09. The van der Waals surface area contributed by atoms with Gasteiger partial charge in [0.25, 0.3) is 0 Å². The van der Waals surface area contributed by atoms with Gasteiger partial charge in [-0.2, -0.15) is 0 Å². The summed E-state index contributed by atoms with van der Waals surface area (Å²) in [6, 6.07) is 7.85. The molecule has 0 saturated carbocycles. The van der Waals surface area contributed by atoms with E-state index in [0.29, 0.717) is 6.42 Å². The largest absolute Gasteiger partial charge is 0.481 e. The lowest BCUT2D eigenvalue weighted by Crippen LogP contribution is -2.50. The fourth-order valence-corrected chi connectivity index (χ4v) is 2.83. The molecule has 7 nitrogen and oxygen atoms in total. The maximum Gasteiger partial charge on any atom is 0.323 e. The average molecular weight is 334 g/mol. The van der Waals surface area contributed by atoms with Crippen molar-refractivity contribution in [1.82, 2.24) is 10.6 Å². The molecule has 2 rings (SSSR count). The van der Waals surface area contributed by atoms with Gasteiger partial charge in [-0.05, 0) is 18.9 Å². The van der Waals surface area contributed by atoms with Crippen molar-refractivity contribution in [1.29, 1.82) is 0 Å². The first-order valence-corrected chi connectivity index (χ1v) is 7.97. The van der Waals surface area contributed by atoms with E-state index >= 15 is 0 Å². The molecule has 1 aliphatic rings. The van der Waals surface area contributed by atoms with E-state index in [1.807, 2.05) is 30.3 Å². The Hall–Kier alpha value is -2.41. The van der Waals surface area contributed by atoms with Gasteiger partial charge >= 0.3 is 11.9 Å². The summed E-state index contributed by atoms with van der Waals surface area (Å²) in [6.45, 7) is 1.98. The van der Waals surface area contributed by atoms with Gasteiger partial charge in [-0.1, -0.05) is 30.3 Å². The minimum Gasteiger partial charge on any atom is -0.481 e. The highest BCUT2D eigenvalue weighted by Gasteiger charge is 2.36. The number of carboxylic acid groups (broad SMARTS) is 1. The Morgan fingerprint density at radius 1 is 1.38 bits per heavy atom. The molecule has 0 spiro atoms. The number of carbonyl (C=O) groups is 3. The van der Waals surface area contributed by atoms with Crippen LogP contribution >= 0.6 is 0 Å². The van der Waals surface area contributed by atoms with Crippen molar-refractivity contribution in [3.05, 3.63) is 35.9 Å². The smallest absolute Gasteiger partial charge is 0.323 e. The van der Waals surface area contributed by atoms with Gasteiger partial charge in [0.05, 0.1) is 19.1 Å². The predicted octanol–water partition coefficient (Wildman–Crippen LogP) is 0.482. The quantitative estimate of drug-likeness (QED) is 0.597. The Kier molecular flexibility index (Phi) is 6.31. The summed E-state index contributed by atoms with van der Waals surface area (Å²) in [5.74, 6) is -1.62. The second-order valence-corrected chi connectivity index (χ2v) is 5.74. The van der Waals surface area contributed by atoms with Crippen LogP contribution in [0.3, 0.4) is 0 Å². The van der Waals surface area contributed by atoms with Gasteiger partial charge < -0.3 is 15.2 Å². The fourth-order valence-electron chi connectivity index (χ4n) is 2.83. The number of amides is 1. The van der Waals surface area contributed by atoms with E-state index in [0.717, 1.165) is 5.56 Å². The molecule has 0 aromatic heterocycles. The molecule has 3 atom stereocenters. The first-order valence-electron chi connectivity index (χ1n) is 7.97. The zero-order valence-electron chi connectivity index (χ0n) is 13.5. The normalized spacial score (nSPS) is 21.1. The van der Waals surface area contributed by atoms with Crippen molar-refractivity contribution in [2.75, 3.05) is 6.61 Å². The van der Waals surface area contributed by atoms with Crippen LogP contribution in [0.2, 0.25) is 0 Å². The second kappa shape index (κ2) is 8.44. The van der Waals surface area contributed by atoms with E-state index in [1.54, 1.807) is 6.92 Å². The lowest BCUT2D eigenvalue weighted by atomic mass is 10.0.